The molecule has 160 valence electrons. The summed E-state index contributed by atoms with van der Waals surface area (Å²) in [5.41, 5.74) is 0.701. The number of hydrogen-bond acceptors (Lipinski definition) is 4. The van der Waals surface area contributed by atoms with Crippen LogP contribution in [0.5, 0.6) is 0 Å². The Bertz CT molecular complexity index is 603. The van der Waals surface area contributed by atoms with Crippen LogP contribution in [0.25, 0.3) is 0 Å². The summed E-state index contributed by atoms with van der Waals surface area (Å²) in [4.78, 5) is 38.0. The quantitative estimate of drug-likeness (QED) is 0.301. The number of rotatable bonds is 10. The van der Waals surface area contributed by atoms with Gasteiger partial charge in [0.1, 0.15) is 0 Å². The third-order valence-corrected chi connectivity index (χ3v) is 5.84. The van der Waals surface area contributed by atoms with Gasteiger partial charge in [-0.15, -0.1) is 0 Å². The predicted molar refractivity (Wildman–Crippen MR) is 112 cm³/mol. The van der Waals surface area contributed by atoms with Crippen LogP contribution >= 0.6 is 0 Å². The maximum Gasteiger partial charge on any atom is 0.312 e. The zero-order valence-electron chi connectivity index (χ0n) is 19.1. The van der Waals surface area contributed by atoms with Crippen molar-refractivity contribution in [1.82, 2.24) is 4.90 Å². The number of imide groups is 1. The Labute approximate surface area is 170 Å². The molecule has 0 radical (unpaired) electrons. The molecule has 0 N–H and O–H groups in total. The van der Waals surface area contributed by atoms with Gasteiger partial charge >= 0.3 is 5.97 Å². The number of amides is 2. The number of carbonyl (C=O) groups is 3. The highest BCUT2D eigenvalue weighted by molar-refractivity contribution is 6.18. The van der Waals surface area contributed by atoms with E-state index in [1.54, 1.807) is 13.8 Å². The molecule has 1 unspecified atom stereocenters. The number of nitrogens with zero attached hydrogens (tertiary/aromatic N) is 1. The van der Waals surface area contributed by atoms with Crippen LogP contribution < -0.4 is 0 Å². The number of hydrogen-bond donors (Lipinski definition) is 0. The van der Waals surface area contributed by atoms with Crippen LogP contribution in [0.3, 0.4) is 0 Å². The second-order valence-electron chi connectivity index (χ2n) is 9.87. The summed E-state index contributed by atoms with van der Waals surface area (Å²) in [6.07, 6.45) is 4.18. The summed E-state index contributed by atoms with van der Waals surface area (Å²) in [5, 5.41) is 0. The Morgan fingerprint density at radius 1 is 0.929 bits per heavy atom. The molecular weight excluding hydrogens is 354 g/mol. The molecule has 0 saturated carbocycles. The highest BCUT2D eigenvalue weighted by Gasteiger charge is 2.41. The van der Waals surface area contributed by atoms with E-state index in [1.807, 2.05) is 6.92 Å². The van der Waals surface area contributed by atoms with Crippen LogP contribution in [-0.4, -0.2) is 35.8 Å². The molecule has 5 nitrogen and oxygen atoms in total. The fourth-order valence-electron chi connectivity index (χ4n) is 3.69. The minimum Gasteiger partial charge on any atom is -0.465 e. The molecule has 0 aromatic carbocycles. The smallest absolute Gasteiger partial charge is 0.312 e. The van der Waals surface area contributed by atoms with Crippen molar-refractivity contribution in [2.24, 2.45) is 16.7 Å². The fourth-order valence-corrected chi connectivity index (χ4v) is 3.69. The molecule has 0 fully saturated rings. The Morgan fingerprint density at radius 2 is 1.43 bits per heavy atom. The monoisotopic (exact) mass is 393 g/mol. The van der Waals surface area contributed by atoms with Gasteiger partial charge in [-0.05, 0) is 57.8 Å². The zero-order valence-corrected chi connectivity index (χ0v) is 19.1. The van der Waals surface area contributed by atoms with Crippen molar-refractivity contribution in [3.8, 4) is 0 Å². The third-order valence-electron chi connectivity index (χ3n) is 5.84. The van der Waals surface area contributed by atoms with Crippen LogP contribution in [0, 0.1) is 16.7 Å². The molecule has 0 bridgehead atoms. The first kappa shape index (κ1) is 24.4. The van der Waals surface area contributed by atoms with E-state index in [0.717, 1.165) is 32.1 Å². The van der Waals surface area contributed by atoms with Crippen molar-refractivity contribution < 1.29 is 19.1 Å². The summed E-state index contributed by atoms with van der Waals surface area (Å²) >= 11 is 0. The summed E-state index contributed by atoms with van der Waals surface area (Å²) in [5.74, 6) is -0.218. The highest BCUT2D eigenvalue weighted by atomic mass is 16.5. The molecule has 5 heteroatoms. The van der Waals surface area contributed by atoms with Crippen LogP contribution in [0.2, 0.25) is 0 Å². The Balaban J connectivity index is 2.31. The Kier molecular flexibility index (Phi) is 8.45. The van der Waals surface area contributed by atoms with E-state index in [-0.39, 0.29) is 29.1 Å². The molecule has 28 heavy (non-hydrogen) atoms. The van der Waals surface area contributed by atoms with E-state index >= 15 is 0 Å². The number of ether oxygens (including phenoxy) is 1. The molecule has 1 atom stereocenters. The van der Waals surface area contributed by atoms with Gasteiger partial charge in [0.2, 0.25) is 0 Å². The summed E-state index contributed by atoms with van der Waals surface area (Å²) < 4.78 is 5.59. The van der Waals surface area contributed by atoms with E-state index in [4.69, 9.17) is 4.74 Å². The van der Waals surface area contributed by atoms with Crippen molar-refractivity contribution in [3.63, 3.8) is 0 Å². The second kappa shape index (κ2) is 9.71. The predicted octanol–water partition coefficient (Wildman–Crippen LogP) is 4.89. The highest BCUT2D eigenvalue weighted by Crippen LogP contribution is 2.40. The van der Waals surface area contributed by atoms with Gasteiger partial charge in [-0.3, -0.25) is 19.3 Å². The summed E-state index contributed by atoms with van der Waals surface area (Å²) in [6, 6.07) is 0. The van der Waals surface area contributed by atoms with Crippen LogP contribution in [0.4, 0.5) is 0 Å². The molecule has 0 aromatic rings. The first-order valence-corrected chi connectivity index (χ1v) is 10.5. The number of carbonyl (C=O) groups excluding carboxylic acids is 3. The minimum atomic E-state index is -0.475. The number of unbranched alkanes of at least 4 members (excludes halogenated alkanes) is 3. The standard InChI is InChI=1S/C23H39NO4/c1-16(2)23(8,15-22(5,6)7)21(27)28-14-12-10-9-11-13-24-19(25)17(3)18(4)20(24)26/h16H,9-15H2,1-8H3. The molecule has 1 rings (SSSR count). The second-order valence-corrected chi connectivity index (χ2v) is 9.87. The van der Waals surface area contributed by atoms with Gasteiger partial charge in [0.15, 0.2) is 0 Å². The van der Waals surface area contributed by atoms with Crippen molar-refractivity contribution in [2.75, 3.05) is 13.2 Å². The van der Waals surface area contributed by atoms with Crippen LogP contribution in [0.15, 0.2) is 11.1 Å². The summed E-state index contributed by atoms with van der Waals surface area (Å²) in [7, 11) is 0. The van der Waals surface area contributed by atoms with Crippen molar-refractivity contribution in [3.05, 3.63) is 11.1 Å². The zero-order chi connectivity index (χ0) is 21.7. The first-order valence-electron chi connectivity index (χ1n) is 10.5. The van der Waals surface area contributed by atoms with Crippen LogP contribution in [-0.2, 0) is 19.1 Å². The maximum atomic E-state index is 12.7. The molecule has 0 aromatic heterocycles. The largest absolute Gasteiger partial charge is 0.465 e. The molecular formula is C23H39NO4. The van der Waals surface area contributed by atoms with Crippen LogP contribution in [0.1, 0.15) is 87.5 Å². The molecule has 2 amide bonds. The van der Waals surface area contributed by atoms with Crippen molar-refractivity contribution in [1.29, 1.82) is 0 Å². The van der Waals surface area contributed by atoms with Gasteiger partial charge in [0.25, 0.3) is 11.8 Å². The average molecular weight is 394 g/mol. The molecule has 1 aliphatic rings. The molecule has 0 spiro atoms. The normalized spacial score (nSPS) is 17.5. The van der Waals surface area contributed by atoms with Crippen molar-refractivity contribution in [2.45, 2.75) is 87.5 Å². The van der Waals surface area contributed by atoms with E-state index in [9.17, 15) is 14.4 Å². The lowest BCUT2D eigenvalue weighted by Gasteiger charge is -2.36. The Morgan fingerprint density at radius 3 is 1.89 bits per heavy atom. The van der Waals surface area contributed by atoms with Gasteiger partial charge in [-0.2, -0.15) is 0 Å². The molecule has 1 heterocycles. The molecule has 0 aliphatic carbocycles. The Hall–Kier alpha value is -1.65. The van der Waals surface area contributed by atoms with E-state index in [0.29, 0.717) is 24.3 Å². The minimum absolute atomic E-state index is 0.0635. The third kappa shape index (κ3) is 6.18. The van der Waals surface area contributed by atoms with Gasteiger partial charge in [-0.25, -0.2) is 0 Å². The lowest BCUT2D eigenvalue weighted by Crippen LogP contribution is -2.38. The van der Waals surface area contributed by atoms with E-state index < -0.39 is 5.41 Å². The lowest BCUT2D eigenvalue weighted by atomic mass is 9.69. The van der Waals surface area contributed by atoms with Gasteiger partial charge in [-0.1, -0.05) is 41.0 Å². The van der Waals surface area contributed by atoms with Gasteiger partial charge in [0.05, 0.1) is 12.0 Å². The molecule has 0 saturated heterocycles. The summed E-state index contributed by atoms with van der Waals surface area (Å²) in [6.45, 7) is 16.9. The lowest BCUT2D eigenvalue weighted by molar-refractivity contribution is -0.160. The molecule has 1 aliphatic heterocycles. The van der Waals surface area contributed by atoms with E-state index in [1.165, 1.54) is 4.90 Å². The van der Waals surface area contributed by atoms with Gasteiger partial charge in [0, 0.05) is 17.7 Å². The van der Waals surface area contributed by atoms with Gasteiger partial charge < -0.3 is 4.74 Å². The maximum absolute atomic E-state index is 12.7. The topological polar surface area (TPSA) is 63.7 Å². The van der Waals surface area contributed by atoms with E-state index in [2.05, 4.69) is 34.6 Å². The SMILES string of the molecule is CC1=C(C)C(=O)N(CCCCCCOC(=O)C(C)(CC(C)(C)C)C(C)C)C1=O. The van der Waals surface area contributed by atoms with Crippen molar-refractivity contribution >= 4 is 17.8 Å². The number of esters is 1. The fraction of sp³-hybridized carbons (Fsp3) is 0.783. The first-order chi connectivity index (χ1) is 12.8. The average Bonchev–Trinajstić information content (AvgIpc) is 2.76.